The highest BCUT2D eigenvalue weighted by molar-refractivity contribution is 7.89. The number of anilines is 1. The Labute approximate surface area is 133 Å². The number of nitrogens with one attached hydrogen (secondary N) is 1. The van der Waals surface area contributed by atoms with Crippen LogP contribution < -0.4 is 5.32 Å². The van der Waals surface area contributed by atoms with Gasteiger partial charge in [0.15, 0.2) is 0 Å². The molecule has 0 aliphatic heterocycles. The smallest absolute Gasteiger partial charge is 0.249 e. The van der Waals surface area contributed by atoms with Crippen molar-refractivity contribution in [3.8, 4) is 0 Å². The number of hydrogen-bond acceptors (Lipinski definition) is 4. The first-order chi connectivity index (χ1) is 10.7. The van der Waals surface area contributed by atoms with Crippen LogP contribution in [0.4, 0.5) is 10.1 Å². The fraction of sp³-hybridized carbons (Fsp3) is 0.286. The third-order valence-electron chi connectivity index (χ3n) is 3.28. The number of benzene rings is 1. The molecule has 124 valence electrons. The zero-order chi connectivity index (χ0) is 17.2. The number of carbonyl (C=O) groups is 1. The molecule has 0 aliphatic rings. The first-order valence-electron chi connectivity index (χ1n) is 6.75. The monoisotopic (exact) mass is 340 g/mol. The number of hydrogen-bond donors (Lipinski definition) is 1. The predicted octanol–water partition coefficient (Wildman–Crippen LogP) is 1.47. The highest BCUT2D eigenvalue weighted by Crippen LogP contribution is 2.22. The van der Waals surface area contributed by atoms with Crippen LogP contribution in [-0.4, -0.2) is 42.5 Å². The molecule has 0 spiro atoms. The van der Waals surface area contributed by atoms with Crippen molar-refractivity contribution in [3.05, 3.63) is 42.5 Å². The Kier molecular flexibility index (Phi) is 4.81. The van der Waals surface area contributed by atoms with Gasteiger partial charge in [-0.25, -0.2) is 17.1 Å². The van der Waals surface area contributed by atoms with E-state index in [9.17, 15) is 17.6 Å². The average molecular weight is 340 g/mol. The first kappa shape index (κ1) is 17.1. The lowest BCUT2D eigenvalue weighted by atomic mass is 10.2. The SMILES string of the molecule is C[C@H](C(=O)Nc1cc(S(=O)(=O)N(C)C)ccc1F)n1cccn1. The summed E-state index contributed by atoms with van der Waals surface area (Å²) in [5.74, 6) is -1.23. The molecule has 0 bridgehead atoms. The maximum absolute atomic E-state index is 13.9. The minimum atomic E-state index is -3.72. The third kappa shape index (κ3) is 3.57. The molecule has 0 aliphatic carbocycles. The molecular formula is C14H17FN4O3S. The van der Waals surface area contributed by atoms with Gasteiger partial charge in [-0.2, -0.15) is 5.10 Å². The molecule has 1 N–H and O–H groups in total. The minimum absolute atomic E-state index is 0.106. The number of carbonyl (C=O) groups excluding carboxylic acids is 1. The van der Waals surface area contributed by atoms with Crippen molar-refractivity contribution >= 4 is 21.6 Å². The molecule has 0 radical (unpaired) electrons. The second kappa shape index (κ2) is 6.47. The molecule has 0 unspecified atom stereocenters. The second-order valence-corrected chi connectivity index (χ2v) is 7.23. The number of rotatable bonds is 5. The topological polar surface area (TPSA) is 84.3 Å². The number of halogens is 1. The Bertz CT molecular complexity index is 803. The third-order valence-corrected chi connectivity index (χ3v) is 5.09. The zero-order valence-electron chi connectivity index (χ0n) is 12.9. The molecule has 7 nitrogen and oxygen atoms in total. The van der Waals surface area contributed by atoms with Crippen LogP contribution >= 0.6 is 0 Å². The number of aromatic nitrogens is 2. The first-order valence-corrected chi connectivity index (χ1v) is 8.19. The maximum Gasteiger partial charge on any atom is 0.249 e. The van der Waals surface area contributed by atoms with Crippen molar-refractivity contribution in [1.29, 1.82) is 0 Å². The maximum atomic E-state index is 13.9. The van der Waals surface area contributed by atoms with E-state index < -0.39 is 27.8 Å². The molecule has 1 amide bonds. The standard InChI is InChI=1S/C14H17FN4O3S/c1-10(19-8-4-7-16-19)14(20)17-13-9-11(5-6-12(13)15)23(21,22)18(2)3/h4-10H,1-3H3,(H,17,20)/t10-/m1/s1. The molecule has 1 atom stereocenters. The highest BCUT2D eigenvalue weighted by Gasteiger charge is 2.21. The van der Waals surface area contributed by atoms with E-state index in [1.165, 1.54) is 25.0 Å². The summed E-state index contributed by atoms with van der Waals surface area (Å²) < 4.78 is 40.5. The van der Waals surface area contributed by atoms with E-state index in [2.05, 4.69) is 10.4 Å². The van der Waals surface area contributed by atoms with Crippen molar-refractivity contribution in [2.45, 2.75) is 17.9 Å². The summed E-state index contributed by atoms with van der Waals surface area (Å²) in [5, 5.41) is 6.33. The van der Waals surface area contributed by atoms with Gasteiger partial charge >= 0.3 is 0 Å². The van der Waals surface area contributed by atoms with Crippen LogP contribution in [-0.2, 0) is 14.8 Å². The van der Waals surface area contributed by atoms with Gasteiger partial charge in [0, 0.05) is 26.5 Å². The summed E-state index contributed by atoms with van der Waals surface area (Å²) in [5.41, 5.74) is -0.197. The summed E-state index contributed by atoms with van der Waals surface area (Å²) in [6.45, 7) is 1.60. The number of nitrogens with zero attached hydrogens (tertiary/aromatic N) is 3. The molecule has 0 fully saturated rings. The lowest BCUT2D eigenvalue weighted by molar-refractivity contribution is -0.119. The van der Waals surface area contributed by atoms with E-state index in [0.29, 0.717) is 0 Å². The molecule has 2 aromatic rings. The molecule has 23 heavy (non-hydrogen) atoms. The van der Waals surface area contributed by atoms with Crippen molar-refractivity contribution < 1.29 is 17.6 Å². The molecule has 2 rings (SSSR count). The quantitative estimate of drug-likeness (QED) is 0.893. The van der Waals surface area contributed by atoms with Gasteiger partial charge < -0.3 is 5.32 Å². The van der Waals surface area contributed by atoms with E-state index in [1.54, 1.807) is 19.2 Å². The molecule has 0 saturated heterocycles. The van der Waals surface area contributed by atoms with Crippen LogP contribution in [0.2, 0.25) is 0 Å². The Hall–Kier alpha value is -2.26. The van der Waals surface area contributed by atoms with E-state index in [-0.39, 0.29) is 10.6 Å². The van der Waals surface area contributed by atoms with Crippen molar-refractivity contribution in [3.63, 3.8) is 0 Å². The molecular weight excluding hydrogens is 323 g/mol. The van der Waals surface area contributed by atoms with Crippen LogP contribution in [0.5, 0.6) is 0 Å². The summed E-state index contributed by atoms with van der Waals surface area (Å²) in [6.07, 6.45) is 3.13. The molecule has 1 aromatic carbocycles. The second-order valence-electron chi connectivity index (χ2n) is 5.08. The van der Waals surface area contributed by atoms with Gasteiger partial charge in [-0.05, 0) is 31.2 Å². The number of amides is 1. The van der Waals surface area contributed by atoms with Gasteiger partial charge in [0.05, 0.1) is 10.6 Å². The Morgan fingerprint density at radius 2 is 2.09 bits per heavy atom. The number of sulfonamides is 1. The summed E-state index contributed by atoms with van der Waals surface area (Å²) in [6, 6.07) is 4.24. The van der Waals surface area contributed by atoms with Gasteiger partial charge in [-0.3, -0.25) is 9.48 Å². The summed E-state index contributed by atoms with van der Waals surface area (Å²) >= 11 is 0. The van der Waals surface area contributed by atoms with E-state index >= 15 is 0 Å². The normalized spacial score (nSPS) is 13.1. The van der Waals surface area contributed by atoms with Crippen LogP contribution in [0.15, 0.2) is 41.6 Å². The lowest BCUT2D eigenvalue weighted by Gasteiger charge is -2.15. The Morgan fingerprint density at radius 3 is 2.65 bits per heavy atom. The van der Waals surface area contributed by atoms with Crippen LogP contribution in [0.3, 0.4) is 0 Å². The predicted molar refractivity (Wildman–Crippen MR) is 82.8 cm³/mol. The zero-order valence-corrected chi connectivity index (χ0v) is 13.7. The van der Waals surface area contributed by atoms with Crippen LogP contribution in [0.1, 0.15) is 13.0 Å². The fourth-order valence-corrected chi connectivity index (χ4v) is 2.77. The summed E-state index contributed by atoms with van der Waals surface area (Å²) in [7, 11) is -0.974. The average Bonchev–Trinajstić information content (AvgIpc) is 3.02. The minimum Gasteiger partial charge on any atom is -0.322 e. The highest BCUT2D eigenvalue weighted by atomic mass is 32.2. The van der Waals surface area contributed by atoms with Gasteiger partial charge in [-0.15, -0.1) is 0 Å². The van der Waals surface area contributed by atoms with Gasteiger partial charge in [-0.1, -0.05) is 0 Å². The van der Waals surface area contributed by atoms with Gasteiger partial charge in [0.1, 0.15) is 11.9 Å². The molecule has 1 aromatic heterocycles. The van der Waals surface area contributed by atoms with Crippen molar-refractivity contribution in [2.24, 2.45) is 0 Å². The van der Waals surface area contributed by atoms with E-state index in [1.807, 2.05) is 0 Å². The fourth-order valence-electron chi connectivity index (χ4n) is 1.84. The Balaban J connectivity index is 2.28. The van der Waals surface area contributed by atoms with Crippen molar-refractivity contribution in [2.75, 3.05) is 19.4 Å². The lowest BCUT2D eigenvalue weighted by Crippen LogP contribution is -2.25. The largest absolute Gasteiger partial charge is 0.322 e. The van der Waals surface area contributed by atoms with E-state index in [4.69, 9.17) is 0 Å². The van der Waals surface area contributed by atoms with Crippen molar-refractivity contribution in [1.82, 2.24) is 14.1 Å². The van der Waals surface area contributed by atoms with E-state index in [0.717, 1.165) is 22.5 Å². The van der Waals surface area contributed by atoms with Crippen LogP contribution in [0, 0.1) is 5.82 Å². The van der Waals surface area contributed by atoms with Gasteiger partial charge in [0.2, 0.25) is 15.9 Å². The summed E-state index contributed by atoms with van der Waals surface area (Å²) in [4.78, 5) is 12.1. The molecule has 0 saturated carbocycles. The van der Waals surface area contributed by atoms with Crippen LogP contribution in [0.25, 0.3) is 0 Å². The Morgan fingerprint density at radius 1 is 1.39 bits per heavy atom. The molecule has 1 heterocycles. The molecule has 9 heteroatoms. The van der Waals surface area contributed by atoms with Gasteiger partial charge in [0.25, 0.3) is 0 Å².